The van der Waals surface area contributed by atoms with Crippen LogP contribution in [0.5, 0.6) is 11.5 Å². The fraction of sp³-hybridized carbons (Fsp3) is 0.409. The molecule has 0 saturated heterocycles. The van der Waals surface area contributed by atoms with Crippen molar-refractivity contribution in [3.05, 3.63) is 52.6 Å². The lowest BCUT2D eigenvalue weighted by atomic mass is 9.99. The molecule has 7 heteroatoms. The molecule has 2 aromatic carbocycles. The molecule has 6 nitrogen and oxygen atoms in total. The second-order valence-electron chi connectivity index (χ2n) is 7.19. The van der Waals surface area contributed by atoms with Crippen LogP contribution < -0.4 is 20.5 Å². The molecular weight excluding hydrogens is 479 g/mol. The molecule has 158 valence electrons. The predicted molar refractivity (Wildman–Crippen MR) is 130 cm³/mol. The number of nitrogens with zero attached hydrogens (tertiary/aromatic N) is 2. The molecule has 2 aromatic rings. The number of hydrogen-bond donors (Lipinski definition) is 2. The van der Waals surface area contributed by atoms with Crippen LogP contribution in [0.15, 0.2) is 35.3 Å². The van der Waals surface area contributed by atoms with Gasteiger partial charge in [-0.25, -0.2) is 0 Å². The second-order valence-corrected chi connectivity index (χ2v) is 7.19. The van der Waals surface area contributed by atoms with E-state index in [0.29, 0.717) is 12.5 Å². The summed E-state index contributed by atoms with van der Waals surface area (Å²) in [5, 5.41) is 3.17. The van der Waals surface area contributed by atoms with Crippen LogP contribution in [-0.4, -0.2) is 44.7 Å². The second kappa shape index (κ2) is 10.7. The van der Waals surface area contributed by atoms with Crippen LogP contribution in [0.25, 0.3) is 0 Å². The van der Waals surface area contributed by atoms with Crippen LogP contribution in [0, 0.1) is 13.8 Å². The van der Waals surface area contributed by atoms with E-state index in [2.05, 4.69) is 53.3 Å². The molecule has 0 spiro atoms. The maximum absolute atomic E-state index is 6.05. The van der Waals surface area contributed by atoms with Crippen LogP contribution >= 0.6 is 24.0 Å². The van der Waals surface area contributed by atoms with E-state index >= 15 is 0 Å². The molecule has 0 radical (unpaired) electrons. The zero-order valence-corrected chi connectivity index (χ0v) is 19.9. The highest BCUT2D eigenvalue weighted by Crippen LogP contribution is 2.33. The summed E-state index contributed by atoms with van der Waals surface area (Å²) in [7, 11) is 3.35. The van der Waals surface area contributed by atoms with Crippen LogP contribution in [-0.2, 0) is 13.0 Å². The van der Waals surface area contributed by atoms with E-state index in [4.69, 9.17) is 15.2 Å². The van der Waals surface area contributed by atoms with Crippen LogP contribution in [0.1, 0.15) is 22.3 Å². The number of methoxy groups -OCH3 is 2. The van der Waals surface area contributed by atoms with Crippen molar-refractivity contribution in [3.8, 4) is 11.5 Å². The molecule has 0 atom stereocenters. The van der Waals surface area contributed by atoms with Crippen LogP contribution in [0.4, 0.5) is 5.69 Å². The van der Waals surface area contributed by atoms with E-state index < -0.39 is 0 Å². The molecule has 1 aliphatic rings. The van der Waals surface area contributed by atoms with Crippen molar-refractivity contribution < 1.29 is 9.47 Å². The highest BCUT2D eigenvalue weighted by molar-refractivity contribution is 14.0. The van der Waals surface area contributed by atoms with Crippen LogP contribution in [0.2, 0.25) is 0 Å². The number of hydrogen-bond acceptors (Lipinski definition) is 4. The van der Waals surface area contributed by atoms with E-state index in [9.17, 15) is 0 Å². The average molecular weight is 510 g/mol. The van der Waals surface area contributed by atoms with E-state index in [-0.39, 0.29) is 24.0 Å². The first-order valence-electron chi connectivity index (χ1n) is 9.60. The molecule has 0 saturated carbocycles. The molecule has 0 bridgehead atoms. The van der Waals surface area contributed by atoms with Gasteiger partial charge in [-0.15, -0.1) is 24.0 Å². The van der Waals surface area contributed by atoms with Crippen molar-refractivity contribution in [1.29, 1.82) is 0 Å². The van der Waals surface area contributed by atoms with Gasteiger partial charge in [-0.1, -0.05) is 6.07 Å². The van der Waals surface area contributed by atoms with Gasteiger partial charge in [-0.3, -0.25) is 9.89 Å². The standard InChI is InChI=1S/C22H30N4O2.HI/c1-15-5-6-19(11-16(15)2)25-22(23)24-8-10-26-9-7-17-12-20(27-3)21(28-4)13-18(17)14-26;/h5-6,11-13H,7-10,14H2,1-4H3,(H3,23,24,25);1H. The summed E-state index contributed by atoms with van der Waals surface area (Å²) in [6.45, 7) is 7.60. The first-order valence-corrected chi connectivity index (χ1v) is 9.60. The highest BCUT2D eigenvalue weighted by atomic mass is 127. The fourth-order valence-electron chi connectivity index (χ4n) is 3.45. The molecule has 0 aliphatic carbocycles. The Labute approximate surface area is 190 Å². The number of anilines is 1. The Balaban J connectivity index is 0.00000300. The lowest BCUT2D eigenvalue weighted by Crippen LogP contribution is -2.33. The molecule has 29 heavy (non-hydrogen) atoms. The van der Waals surface area contributed by atoms with Gasteiger partial charge in [0.15, 0.2) is 17.5 Å². The Morgan fingerprint density at radius 2 is 1.76 bits per heavy atom. The fourth-order valence-corrected chi connectivity index (χ4v) is 3.45. The number of fused-ring (bicyclic) bond motifs is 1. The highest BCUT2D eigenvalue weighted by Gasteiger charge is 2.19. The Morgan fingerprint density at radius 3 is 2.41 bits per heavy atom. The summed E-state index contributed by atoms with van der Waals surface area (Å²) in [6.07, 6.45) is 0.996. The van der Waals surface area contributed by atoms with Crippen LogP contribution in [0.3, 0.4) is 0 Å². The molecule has 1 heterocycles. The van der Waals surface area contributed by atoms with E-state index in [0.717, 1.165) is 43.2 Å². The minimum atomic E-state index is 0. The normalized spacial score (nSPS) is 14.0. The summed E-state index contributed by atoms with van der Waals surface area (Å²) in [5.74, 6) is 2.03. The largest absolute Gasteiger partial charge is 0.493 e. The third kappa shape index (κ3) is 5.99. The van der Waals surface area contributed by atoms with Gasteiger partial charge in [-0.2, -0.15) is 0 Å². The minimum Gasteiger partial charge on any atom is -0.493 e. The van der Waals surface area contributed by atoms with Gasteiger partial charge in [0.25, 0.3) is 0 Å². The van der Waals surface area contributed by atoms with Gasteiger partial charge in [0, 0.05) is 25.3 Å². The minimum absolute atomic E-state index is 0. The maximum Gasteiger partial charge on any atom is 0.193 e. The Hall–Kier alpha value is -2.00. The Kier molecular flexibility index (Phi) is 8.58. The summed E-state index contributed by atoms with van der Waals surface area (Å²) < 4.78 is 10.8. The summed E-state index contributed by atoms with van der Waals surface area (Å²) in [6, 6.07) is 10.4. The van der Waals surface area contributed by atoms with Gasteiger partial charge in [0.1, 0.15) is 0 Å². The molecule has 0 aromatic heterocycles. The maximum atomic E-state index is 6.05. The molecule has 3 rings (SSSR count). The molecule has 0 unspecified atom stereocenters. The van der Waals surface area contributed by atoms with Crippen molar-refractivity contribution >= 4 is 35.6 Å². The number of nitrogens with one attached hydrogen (secondary N) is 1. The lowest BCUT2D eigenvalue weighted by Gasteiger charge is -2.29. The van der Waals surface area contributed by atoms with Crippen molar-refractivity contribution in [1.82, 2.24) is 4.90 Å². The van der Waals surface area contributed by atoms with Gasteiger partial charge in [0.05, 0.1) is 20.8 Å². The third-order valence-electron chi connectivity index (χ3n) is 5.27. The van der Waals surface area contributed by atoms with Gasteiger partial charge in [-0.05, 0) is 66.8 Å². The topological polar surface area (TPSA) is 72.1 Å². The van der Waals surface area contributed by atoms with Gasteiger partial charge in [0.2, 0.25) is 0 Å². The van der Waals surface area contributed by atoms with E-state index in [1.807, 2.05) is 6.07 Å². The zero-order valence-electron chi connectivity index (χ0n) is 17.6. The van der Waals surface area contributed by atoms with Crippen molar-refractivity contribution in [2.24, 2.45) is 10.7 Å². The van der Waals surface area contributed by atoms with Crippen molar-refractivity contribution in [2.75, 3.05) is 39.2 Å². The summed E-state index contributed by atoms with van der Waals surface area (Å²) in [5.41, 5.74) is 12.1. The number of ether oxygens (including phenoxy) is 2. The number of halogens is 1. The molecule has 3 N–H and O–H groups in total. The van der Waals surface area contributed by atoms with E-state index in [1.165, 1.54) is 22.3 Å². The zero-order chi connectivity index (χ0) is 20.1. The molecule has 0 amide bonds. The number of aliphatic imine (C=N–C) groups is 1. The number of guanidine groups is 1. The lowest BCUT2D eigenvalue weighted by molar-refractivity contribution is 0.260. The van der Waals surface area contributed by atoms with Crippen molar-refractivity contribution in [2.45, 2.75) is 26.8 Å². The SMILES string of the molecule is COc1cc2c(cc1OC)CN(CCN=C(N)Nc1ccc(C)c(C)c1)CC2.I. The van der Waals surface area contributed by atoms with Gasteiger partial charge < -0.3 is 20.5 Å². The quantitative estimate of drug-likeness (QED) is 0.352. The van der Waals surface area contributed by atoms with Crippen molar-refractivity contribution in [3.63, 3.8) is 0 Å². The number of aryl methyl sites for hydroxylation is 2. The first kappa shape index (κ1) is 23.3. The number of benzene rings is 2. The summed E-state index contributed by atoms with van der Waals surface area (Å²) >= 11 is 0. The molecular formula is C22H31IN4O2. The number of nitrogens with two attached hydrogens (primary N) is 1. The van der Waals surface area contributed by atoms with E-state index in [1.54, 1.807) is 14.2 Å². The monoisotopic (exact) mass is 510 g/mol. The predicted octanol–water partition coefficient (Wildman–Crippen LogP) is 3.72. The molecule has 0 fully saturated rings. The smallest absolute Gasteiger partial charge is 0.193 e. The third-order valence-corrected chi connectivity index (χ3v) is 5.27. The first-order chi connectivity index (χ1) is 13.5. The van der Waals surface area contributed by atoms with Gasteiger partial charge >= 0.3 is 0 Å². The Morgan fingerprint density at radius 1 is 1.07 bits per heavy atom. The molecule has 1 aliphatic heterocycles. The average Bonchev–Trinajstić information content (AvgIpc) is 2.69. The number of rotatable bonds is 6. The summed E-state index contributed by atoms with van der Waals surface area (Å²) in [4.78, 5) is 6.87. The Bertz CT molecular complexity index is 870.